The van der Waals surface area contributed by atoms with Gasteiger partial charge >= 0.3 is 0 Å². The molecule has 0 bridgehead atoms. The molecule has 3 N–H and O–H groups in total. The SMILES string of the molecule is CCOC1CC(Nc2cc(Cl)c(Cl)cc2N)C1(C)C. The van der Waals surface area contributed by atoms with E-state index in [9.17, 15) is 0 Å². The molecule has 2 unspecified atom stereocenters. The Morgan fingerprint density at radius 2 is 2.00 bits per heavy atom. The molecule has 3 nitrogen and oxygen atoms in total. The average Bonchev–Trinajstić information content (AvgIpc) is 2.34. The van der Waals surface area contributed by atoms with Crippen molar-refractivity contribution in [2.75, 3.05) is 17.7 Å². The van der Waals surface area contributed by atoms with E-state index in [-0.39, 0.29) is 5.41 Å². The minimum Gasteiger partial charge on any atom is -0.397 e. The molecule has 0 radical (unpaired) electrons. The van der Waals surface area contributed by atoms with Gasteiger partial charge in [-0.1, -0.05) is 37.0 Å². The van der Waals surface area contributed by atoms with Crippen molar-refractivity contribution in [2.24, 2.45) is 5.41 Å². The average molecular weight is 303 g/mol. The number of benzene rings is 1. The van der Waals surface area contributed by atoms with Crippen LogP contribution in [-0.2, 0) is 4.74 Å². The van der Waals surface area contributed by atoms with Gasteiger partial charge in [0.2, 0.25) is 0 Å². The van der Waals surface area contributed by atoms with E-state index in [2.05, 4.69) is 19.2 Å². The predicted octanol–water partition coefficient (Wildman–Crippen LogP) is 4.19. The zero-order valence-electron chi connectivity index (χ0n) is 11.5. The monoisotopic (exact) mass is 302 g/mol. The van der Waals surface area contributed by atoms with E-state index < -0.39 is 0 Å². The van der Waals surface area contributed by atoms with Gasteiger partial charge in [-0.15, -0.1) is 0 Å². The van der Waals surface area contributed by atoms with Crippen LogP contribution in [0.25, 0.3) is 0 Å². The molecule has 1 fully saturated rings. The number of hydrogen-bond donors (Lipinski definition) is 2. The second kappa shape index (κ2) is 5.39. The molecule has 1 aromatic rings. The van der Waals surface area contributed by atoms with Gasteiger partial charge in [0.1, 0.15) is 0 Å². The normalized spacial score (nSPS) is 24.9. The first-order chi connectivity index (χ1) is 8.86. The van der Waals surface area contributed by atoms with Gasteiger partial charge < -0.3 is 15.8 Å². The van der Waals surface area contributed by atoms with Crippen LogP contribution in [0.5, 0.6) is 0 Å². The van der Waals surface area contributed by atoms with E-state index in [1.807, 2.05) is 6.92 Å². The first-order valence-corrected chi connectivity index (χ1v) is 7.24. The molecule has 19 heavy (non-hydrogen) atoms. The fraction of sp³-hybridized carbons (Fsp3) is 0.571. The molecule has 2 rings (SSSR count). The highest BCUT2D eigenvalue weighted by molar-refractivity contribution is 6.42. The van der Waals surface area contributed by atoms with Crippen molar-refractivity contribution in [3.63, 3.8) is 0 Å². The summed E-state index contributed by atoms with van der Waals surface area (Å²) in [5.41, 5.74) is 7.49. The van der Waals surface area contributed by atoms with Crippen LogP contribution in [0.2, 0.25) is 10.0 Å². The van der Waals surface area contributed by atoms with E-state index in [0.29, 0.717) is 27.9 Å². The standard InChI is InChI=1S/C14H20Cl2N2O/c1-4-19-13-7-12(14(13,2)3)18-11-6-9(16)8(15)5-10(11)17/h5-6,12-13,18H,4,7,17H2,1-3H3. The summed E-state index contributed by atoms with van der Waals surface area (Å²) in [5, 5.41) is 4.43. The minimum atomic E-state index is 0.0779. The lowest BCUT2D eigenvalue weighted by Gasteiger charge is -2.52. The van der Waals surface area contributed by atoms with Crippen LogP contribution in [0.1, 0.15) is 27.2 Å². The van der Waals surface area contributed by atoms with Crippen LogP contribution in [0.4, 0.5) is 11.4 Å². The molecule has 0 spiro atoms. The third-order valence-corrected chi connectivity index (χ3v) is 4.69. The summed E-state index contributed by atoms with van der Waals surface area (Å²) in [5.74, 6) is 0. The van der Waals surface area contributed by atoms with Gasteiger partial charge in [-0.3, -0.25) is 0 Å². The zero-order chi connectivity index (χ0) is 14.2. The van der Waals surface area contributed by atoms with E-state index >= 15 is 0 Å². The smallest absolute Gasteiger partial charge is 0.0665 e. The Morgan fingerprint density at radius 1 is 1.37 bits per heavy atom. The summed E-state index contributed by atoms with van der Waals surface area (Å²) >= 11 is 12.0. The number of halogens is 2. The van der Waals surface area contributed by atoms with E-state index in [0.717, 1.165) is 18.7 Å². The Labute approximate surface area is 124 Å². The van der Waals surface area contributed by atoms with E-state index in [4.69, 9.17) is 33.7 Å². The highest BCUT2D eigenvalue weighted by Gasteiger charge is 2.49. The van der Waals surface area contributed by atoms with Gasteiger partial charge in [0.15, 0.2) is 0 Å². The van der Waals surface area contributed by atoms with Gasteiger partial charge in [0.05, 0.1) is 27.5 Å². The largest absolute Gasteiger partial charge is 0.397 e. The second-order valence-corrected chi connectivity index (χ2v) is 6.37. The van der Waals surface area contributed by atoms with Gasteiger partial charge in [-0.2, -0.15) is 0 Å². The van der Waals surface area contributed by atoms with Crippen molar-refractivity contribution < 1.29 is 4.74 Å². The summed E-state index contributed by atoms with van der Waals surface area (Å²) < 4.78 is 5.72. The summed E-state index contributed by atoms with van der Waals surface area (Å²) in [6.07, 6.45) is 1.26. The molecule has 0 amide bonds. The number of nitrogen functional groups attached to an aromatic ring is 1. The maximum absolute atomic E-state index is 6.03. The number of hydrogen-bond acceptors (Lipinski definition) is 3. The maximum atomic E-state index is 6.03. The predicted molar refractivity (Wildman–Crippen MR) is 82.1 cm³/mol. The zero-order valence-corrected chi connectivity index (χ0v) is 13.0. The molecule has 5 heteroatoms. The molecule has 1 saturated carbocycles. The summed E-state index contributed by atoms with van der Waals surface area (Å²) in [6.45, 7) is 7.16. The number of ether oxygens (including phenoxy) is 1. The van der Waals surface area contributed by atoms with Crippen LogP contribution < -0.4 is 11.1 Å². The van der Waals surface area contributed by atoms with E-state index in [1.54, 1.807) is 12.1 Å². The second-order valence-electron chi connectivity index (χ2n) is 5.55. The lowest BCUT2D eigenvalue weighted by molar-refractivity contribution is -0.0975. The van der Waals surface area contributed by atoms with Crippen molar-refractivity contribution in [3.8, 4) is 0 Å². The third-order valence-electron chi connectivity index (χ3n) is 3.97. The van der Waals surface area contributed by atoms with Crippen molar-refractivity contribution in [1.82, 2.24) is 0 Å². The highest BCUT2D eigenvalue weighted by atomic mass is 35.5. The fourth-order valence-corrected chi connectivity index (χ4v) is 2.83. The number of nitrogens with two attached hydrogens (primary N) is 1. The quantitative estimate of drug-likeness (QED) is 0.820. The maximum Gasteiger partial charge on any atom is 0.0665 e. The topological polar surface area (TPSA) is 47.3 Å². The first kappa shape index (κ1) is 14.8. The lowest BCUT2D eigenvalue weighted by Crippen LogP contribution is -2.58. The first-order valence-electron chi connectivity index (χ1n) is 6.49. The Bertz CT molecular complexity index is 477. The van der Waals surface area contributed by atoms with Crippen molar-refractivity contribution in [3.05, 3.63) is 22.2 Å². The molecule has 106 valence electrons. The van der Waals surface area contributed by atoms with Gasteiger partial charge in [0, 0.05) is 18.1 Å². The van der Waals surface area contributed by atoms with Gasteiger partial charge in [-0.25, -0.2) is 0 Å². The van der Waals surface area contributed by atoms with Crippen LogP contribution in [0, 0.1) is 5.41 Å². The Morgan fingerprint density at radius 3 is 2.58 bits per heavy atom. The lowest BCUT2D eigenvalue weighted by atomic mass is 9.64. The molecule has 0 aromatic heterocycles. The molecule has 1 aromatic carbocycles. The summed E-state index contributed by atoms with van der Waals surface area (Å²) in [7, 11) is 0. The van der Waals surface area contributed by atoms with Gasteiger partial charge in [0.25, 0.3) is 0 Å². The van der Waals surface area contributed by atoms with Crippen LogP contribution in [0.3, 0.4) is 0 Å². The Kier molecular flexibility index (Phi) is 4.19. The molecular weight excluding hydrogens is 283 g/mol. The van der Waals surface area contributed by atoms with E-state index in [1.165, 1.54) is 0 Å². The van der Waals surface area contributed by atoms with Gasteiger partial charge in [-0.05, 0) is 25.5 Å². The van der Waals surface area contributed by atoms with Crippen LogP contribution >= 0.6 is 23.2 Å². The molecule has 0 aliphatic heterocycles. The van der Waals surface area contributed by atoms with Crippen molar-refractivity contribution in [2.45, 2.75) is 39.3 Å². The molecule has 0 saturated heterocycles. The number of nitrogens with one attached hydrogen (secondary N) is 1. The fourth-order valence-electron chi connectivity index (χ4n) is 2.49. The Balaban J connectivity index is 2.09. The molecule has 1 aliphatic carbocycles. The summed E-state index contributed by atoms with van der Waals surface area (Å²) in [4.78, 5) is 0. The van der Waals surface area contributed by atoms with Crippen molar-refractivity contribution >= 4 is 34.6 Å². The molecular formula is C14H20Cl2N2O. The summed E-state index contributed by atoms with van der Waals surface area (Å²) in [6, 6.07) is 3.78. The molecule has 0 heterocycles. The minimum absolute atomic E-state index is 0.0779. The van der Waals surface area contributed by atoms with Crippen LogP contribution in [0.15, 0.2) is 12.1 Å². The molecule has 2 atom stereocenters. The molecule has 1 aliphatic rings. The van der Waals surface area contributed by atoms with Crippen molar-refractivity contribution in [1.29, 1.82) is 0 Å². The third kappa shape index (κ3) is 2.78. The number of rotatable bonds is 4. The number of anilines is 2. The highest BCUT2D eigenvalue weighted by Crippen LogP contribution is 2.45. The van der Waals surface area contributed by atoms with Crippen LogP contribution in [-0.4, -0.2) is 18.8 Å². The Hall–Kier alpha value is -0.640.